The van der Waals surface area contributed by atoms with Crippen molar-refractivity contribution in [3.8, 4) is 5.75 Å². The number of thiazole rings is 1. The minimum absolute atomic E-state index is 0.228. The van der Waals surface area contributed by atoms with Crippen LogP contribution in [0.4, 0.5) is 5.69 Å². The second-order valence-corrected chi connectivity index (χ2v) is 9.26. The van der Waals surface area contributed by atoms with Crippen molar-refractivity contribution in [3.05, 3.63) is 75.7 Å². The molecular formula is C25H26N4O3S. The Morgan fingerprint density at radius 2 is 1.79 bits per heavy atom. The first-order valence-corrected chi connectivity index (χ1v) is 12.0. The number of ether oxygens (including phenoxy) is 1. The third-order valence-electron chi connectivity index (χ3n) is 6.40. The number of carbonyl (C=O) groups is 2. The first-order valence-electron chi connectivity index (χ1n) is 11.1. The van der Waals surface area contributed by atoms with Gasteiger partial charge in [-0.25, -0.2) is 4.98 Å². The van der Waals surface area contributed by atoms with Crippen LogP contribution in [0, 0.1) is 0 Å². The summed E-state index contributed by atoms with van der Waals surface area (Å²) < 4.78 is 5.24. The van der Waals surface area contributed by atoms with Crippen molar-refractivity contribution >= 4 is 28.8 Å². The molecule has 1 atom stereocenters. The van der Waals surface area contributed by atoms with Crippen LogP contribution >= 0.6 is 11.3 Å². The summed E-state index contributed by atoms with van der Waals surface area (Å²) in [4.78, 5) is 36.8. The minimum atomic E-state index is -0.383. The maximum Gasteiger partial charge on any atom is 0.264 e. The number of aromatic nitrogens is 1. The van der Waals surface area contributed by atoms with E-state index in [0.717, 1.165) is 49.2 Å². The van der Waals surface area contributed by atoms with Gasteiger partial charge in [-0.1, -0.05) is 18.2 Å². The Hall–Kier alpha value is -3.23. The van der Waals surface area contributed by atoms with Gasteiger partial charge < -0.3 is 9.64 Å². The van der Waals surface area contributed by atoms with E-state index in [4.69, 9.17) is 4.74 Å². The van der Waals surface area contributed by atoms with E-state index in [1.54, 1.807) is 19.4 Å². The second-order valence-electron chi connectivity index (χ2n) is 8.34. The number of rotatable bonds is 6. The number of nitrogens with zero attached hydrogens (tertiary/aromatic N) is 4. The maximum absolute atomic E-state index is 13.4. The van der Waals surface area contributed by atoms with Gasteiger partial charge in [-0.15, -0.1) is 11.3 Å². The zero-order valence-electron chi connectivity index (χ0n) is 18.7. The summed E-state index contributed by atoms with van der Waals surface area (Å²) in [5.74, 6) is 0.394. The van der Waals surface area contributed by atoms with E-state index in [-0.39, 0.29) is 17.9 Å². The standard InChI is InChI=1S/C25H26N4O3S/c1-17(23-26-10-15-33-23)29-24(30)20-4-3-5-21(22(20)25(29)31)28-13-11-27(12-14-28)16-18-6-8-19(32-2)9-7-18/h3-10,15,17H,11-14,16H2,1-2H3/t17-/m0/s1. The van der Waals surface area contributed by atoms with Crippen molar-refractivity contribution in [1.82, 2.24) is 14.8 Å². The molecule has 0 bridgehead atoms. The van der Waals surface area contributed by atoms with Gasteiger partial charge in [-0.05, 0) is 36.8 Å². The number of amides is 2. The van der Waals surface area contributed by atoms with Gasteiger partial charge in [0.25, 0.3) is 11.8 Å². The smallest absolute Gasteiger partial charge is 0.264 e. The zero-order chi connectivity index (χ0) is 22.9. The van der Waals surface area contributed by atoms with Gasteiger partial charge in [0, 0.05) is 44.3 Å². The Balaban J connectivity index is 1.30. The number of methoxy groups -OCH3 is 1. The van der Waals surface area contributed by atoms with Crippen LogP contribution in [0.25, 0.3) is 0 Å². The predicted molar refractivity (Wildman–Crippen MR) is 128 cm³/mol. The lowest BCUT2D eigenvalue weighted by Gasteiger charge is -2.36. The van der Waals surface area contributed by atoms with Crippen molar-refractivity contribution in [2.24, 2.45) is 0 Å². The summed E-state index contributed by atoms with van der Waals surface area (Å²) in [7, 11) is 1.67. The van der Waals surface area contributed by atoms with Crippen molar-refractivity contribution in [2.45, 2.75) is 19.5 Å². The van der Waals surface area contributed by atoms with Crippen molar-refractivity contribution in [3.63, 3.8) is 0 Å². The fourth-order valence-electron chi connectivity index (χ4n) is 4.59. The molecule has 5 rings (SSSR count). The van der Waals surface area contributed by atoms with Gasteiger partial charge in [-0.2, -0.15) is 0 Å². The van der Waals surface area contributed by atoms with Crippen LogP contribution in [0.2, 0.25) is 0 Å². The highest BCUT2D eigenvalue weighted by Crippen LogP contribution is 2.37. The molecular weight excluding hydrogens is 436 g/mol. The molecule has 3 aromatic rings. The zero-order valence-corrected chi connectivity index (χ0v) is 19.5. The third kappa shape index (κ3) is 4.00. The van der Waals surface area contributed by atoms with E-state index in [0.29, 0.717) is 11.1 Å². The minimum Gasteiger partial charge on any atom is -0.497 e. The molecule has 1 aromatic heterocycles. The first-order chi connectivity index (χ1) is 16.1. The summed E-state index contributed by atoms with van der Waals surface area (Å²) in [6.45, 7) is 6.11. The van der Waals surface area contributed by atoms with Gasteiger partial charge in [0.05, 0.1) is 30.0 Å². The Bertz CT molecular complexity index is 1150. The van der Waals surface area contributed by atoms with E-state index in [1.807, 2.05) is 36.6 Å². The SMILES string of the molecule is COc1ccc(CN2CCN(c3cccc4c3C(=O)N([C@@H](C)c3nccs3)C4=O)CC2)cc1. The Morgan fingerprint density at radius 1 is 1.03 bits per heavy atom. The number of hydrogen-bond donors (Lipinski definition) is 0. The highest BCUT2D eigenvalue weighted by Gasteiger charge is 2.42. The van der Waals surface area contributed by atoms with Gasteiger partial charge >= 0.3 is 0 Å². The number of carbonyl (C=O) groups excluding carboxylic acids is 2. The fourth-order valence-corrected chi connectivity index (χ4v) is 5.27. The molecule has 0 aliphatic carbocycles. The monoisotopic (exact) mass is 462 g/mol. The summed E-state index contributed by atoms with van der Waals surface area (Å²) in [5, 5.41) is 2.62. The molecule has 0 N–H and O–H groups in total. The fraction of sp³-hybridized carbons (Fsp3) is 0.320. The number of fused-ring (bicyclic) bond motifs is 1. The van der Waals surface area contributed by atoms with Crippen LogP contribution in [0.3, 0.4) is 0 Å². The third-order valence-corrected chi connectivity index (χ3v) is 7.34. The lowest BCUT2D eigenvalue weighted by molar-refractivity contribution is 0.0595. The van der Waals surface area contributed by atoms with Crippen molar-refractivity contribution in [2.75, 3.05) is 38.2 Å². The van der Waals surface area contributed by atoms with E-state index in [2.05, 4.69) is 26.9 Å². The number of anilines is 1. The molecule has 0 unspecified atom stereocenters. The van der Waals surface area contributed by atoms with Crippen LogP contribution < -0.4 is 9.64 Å². The highest BCUT2D eigenvalue weighted by molar-refractivity contribution is 7.09. The van der Waals surface area contributed by atoms with Crippen LogP contribution in [0.5, 0.6) is 5.75 Å². The summed E-state index contributed by atoms with van der Waals surface area (Å²) in [6.07, 6.45) is 1.70. The predicted octanol–water partition coefficient (Wildman–Crippen LogP) is 3.83. The molecule has 3 heterocycles. The van der Waals surface area contributed by atoms with Gasteiger partial charge in [-0.3, -0.25) is 19.4 Å². The molecule has 7 nitrogen and oxygen atoms in total. The molecule has 33 heavy (non-hydrogen) atoms. The second kappa shape index (κ2) is 8.96. The normalized spacial score (nSPS) is 17.4. The molecule has 8 heteroatoms. The molecule has 0 spiro atoms. The number of hydrogen-bond acceptors (Lipinski definition) is 7. The van der Waals surface area contributed by atoms with Gasteiger partial charge in [0.15, 0.2) is 0 Å². The molecule has 1 saturated heterocycles. The van der Waals surface area contributed by atoms with E-state index in [1.165, 1.54) is 21.8 Å². The van der Waals surface area contributed by atoms with Gasteiger partial charge in [0.2, 0.25) is 0 Å². The van der Waals surface area contributed by atoms with Gasteiger partial charge in [0.1, 0.15) is 10.8 Å². The van der Waals surface area contributed by atoms with Crippen LogP contribution in [-0.2, 0) is 6.54 Å². The van der Waals surface area contributed by atoms with E-state index < -0.39 is 0 Å². The molecule has 0 radical (unpaired) electrons. The molecule has 1 fully saturated rings. The quantitative estimate of drug-likeness (QED) is 0.519. The average Bonchev–Trinajstić information content (AvgIpc) is 3.47. The topological polar surface area (TPSA) is 66.0 Å². The number of imide groups is 1. The lowest BCUT2D eigenvalue weighted by Crippen LogP contribution is -2.46. The van der Waals surface area contributed by atoms with E-state index >= 15 is 0 Å². The van der Waals surface area contributed by atoms with Crippen LogP contribution in [0.1, 0.15) is 44.3 Å². The van der Waals surface area contributed by atoms with E-state index in [9.17, 15) is 9.59 Å². The first kappa shape index (κ1) is 21.6. The molecule has 0 saturated carbocycles. The lowest BCUT2D eigenvalue weighted by atomic mass is 10.1. The Morgan fingerprint density at radius 3 is 2.45 bits per heavy atom. The van der Waals surface area contributed by atoms with Crippen molar-refractivity contribution in [1.29, 1.82) is 0 Å². The molecule has 2 aliphatic heterocycles. The largest absolute Gasteiger partial charge is 0.497 e. The molecule has 2 amide bonds. The molecule has 2 aromatic carbocycles. The number of piperazine rings is 1. The summed E-state index contributed by atoms with van der Waals surface area (Å²) in [6, 6.07) is 13.4. The molecule has 2 aliphatic rings. The maximum atomic E-state index is 13.4. The Kier molecular flexibility index (Phi) is 5.86. The summed E-state index contributed by atoms with van der Waals surface area (Å²) >= 11 is 1.46. The number of benzene rings is 2. The summed E-state index contributed by atoms with van der Waals surface area (Å²) in [5.41, 5.74) is 3.11. The molecule has 170 valence electrons. The van der Waals surface area contributed by atoms with Crippen molar-refractivity contribution < 1.29 is 14.3 Å². The highest BCUT2D eigenvalue weighted by atomic mass is 32.1. The Labute approximate surface area is 197 Å². The average molecular weight is 463 g/mol. The van der Waals surface area contributed by atoms with Crippen LogP contribution in [-0.4, -0.2) is 59.9 Å². The van der Waals surface area contributed by atoms with Crippen LogP contribution in [0.15, 0.2) is 54.0 Å².